The SMILES string of the molecule is CO[C@@H]1C[C@H]2CN(C(=O)CCNC(=O)c3ccc(F)cc3)C[C@H]2C[C@H]1N(C)C. The van der Waals surface area contributed by atoms with Crippen LogP contribution in [0.1, 0.15) is 29.6 Å². The molecule has 1 saturated carbocycles. The number of benzene rings is 1. The van der Waals surface area contributed by atoms with Crippen molar-refractivity contribution < 1.29 is 18.7 Å². The molecule has 2 amide bonds. The number of carbonyl (C=O) groups is 2. The highest BCUT2D eigenvalue weighted by molar-refractivity contribution is 5.94. The number of likely N-dealkylation sites (N-methyl/N-ethyl adjacent to an activating group) is 1. The van der Waals surface area contributed by atoms with Crippen molar-refractivity contribution in [3.63, 3.8) is 0 Å². The Morgan fingerprint density at radius 2 is 1.82 bits per heavy atom. The van der Waals surface area contributed by atoms with Crippen LogP contribution in [0.25, 0.3) is 0 Å². The van der Waals surface area contributed by atoms with Crippen molar-refractivity contribution in [2.24, 2.45) is 11.8 Å². The van der Waals surface area contributed by atoms with Gasteiger partial charge >= 0.3 is 0 Å². The Morgan fingerprint density at radius 1 is 1.18 bits per heavy atom. The van der Waals surface area contributed by atoms with E-state index in [1.54, 1.807) is 7.11 Å². The van der Waals surface area contributed by atoms with E-state index in [4.69, 9.17) is 4.74 Å². The van der Waals surface area contributed by atoms with Crippen molar-refractivity contribution in [2.75, 3.05) is 40.8 Å². The first-order valence-corrected chi connectivity index (χ1v) is 9.89. The Bertz CT molecular complexity index is 695. The summed E-state index contributed by atoms with van der Waals surface area (Å²) in [5.74, 6) is 0.397. The summed E-state index contributed by atoms with van der Waals surface area (Å²) in [6.07, 6.45) is 2.51. The first-order valence-electron chi connectivity index (χ1n) is 9.89. The second-order valence-corrected chi connectivity index (χ2v) is 8.11. The molecule has 1 saturated heterocycles. The Kier molecular flexibility index (Phi) is 6.67. The van der Waals surface area contributed by atoms with Gasteiger partial charge in [-0.15, -0.1) is 0 Å². The Labute approximate surface area is 166 Å². The van der Waals surface area contributed by atoms with Gasteiger partial charge in [-0.05, 0) is 63.0 Å². The van der Waals surface area contributed by atoms with E-state index < -0.39 is 0 Å². The molecule has 4 atom stereocenters. The molecular formula is C21H30FN3O3. The molecule has 2 aliphatic rings. The topological polar surface area (TPSA) is 61.9 Å². The molecule has 7 heteroatoms. The monoisotopic (exact) mass is 391 g/mol. The zero-order chi connectivity index (χ0) is 20.3. The van der Waals surface area contributed by atoms with E-state index in [1.165, 1.54) is 24.3 Å². The third-order valence-electron chi connectivity index (χ3n) is 6.13. The molecule has 1 aliphatic carbocycles. The van der Waals surface area contributed by atoms with Crippen LogP contribution < -0.4 is 5.32 Å². The van der Waals surface area contributed by atoms with Crippen LogP contribution in [0.5, 0.6) is 0 Å². The molecule has 0 aromatic heterocycles. The van der Waals surface area contributed by atoms with Crippen LogP contribution >= 0.6 is 0 Å². The smallest absolute Gasteiger partial charge is 0.251 e. The van der Waals surface area contributed by atoms with Gasteiger partial charge in [-0.1, -0.05) is 0 Å². The number of rotatable bonds is 6. The molecule has 0 radical (unpaired) electrons. The highest BCUT2D eigenvalue weighted by atomic mass is 19.1. The number of hydrogen-bond donors (Lipinski definition) is 1. The van der Waals surface area contributed by atoms with Gasteiger partial charge in [-0.25, -0.2) is 4.39 Å². The lowest BCUT2D eigenvalue weighted by atomic mass is 9.77. The number of hydrogen-bond acceptors (Lipinski definition) is 4. The Morgan fingerprint density at radius 3 is 2.43 bits per heavy atom. The third-order valence-corrected chi connectivity index (χ3v) is 6.13. The maximum Gasteiger partial charge on any atom is 0.251 e. The number of ether oxygens (including phenoxy) is 1. The number of nitrogens with zero attached hydrogens (tertiary/aromatic N) is 2. The van der Waals surface area contributed by atoms with E-state index in [1.807, 2.05) is 4.90 Å². The van der Waals surface area contributed by atoms with Gasteiger partial charge in [0.05, 0.1) is 6.10 Å². The third kappa shape index (κ3) is 4.70. The molecule has 0 bridgehead atoms. The fraction of sp³-hybridized carbons (Fsp3) is 0.619. The van der Waals surface area contributed by atoms with Gasteiger partial charge in [-0.2, -0.15) is 0 Å². The van der Waals surface area contributed by atoms with Gasteiger partial charge in [0.15, 0.2) is 0 Å². The molecule has 0 spiro atoms. The molecule has 1 heterocycles. The van der Waals surface area contributed by atoms with Gasteiger partial charge in [-0.3, -0.25) is 9.59 Å². The van der Waals surface area contributed by atoms with E-state index >= 15 is 0 Å². The van der Waals surface area contributed by atoms with E-state index in [-0.39, 0.29) is 36.7 Å². The van der Waals surface area contributed by atoms with Crippen molar-refractivity contribution in [1.29, 1.82) is 0 Å². The summed E-state index contributed by atoms with van der Waals surface area (Å²) in [5, 5.41) is 2.74. The largest absolute Gasteiger partial charge is 0.380 e. The molecule has 6 nitrogen and oxygen atoms in total. The minimum atomic E-state index is -0.380. The molecular weight excluding hydrogens is 361 g/mol. The molecule has 0 unspecified atom stereocenters. The van der Waals surface area contributed by atoms with Crippen LogP contribution in [-0.2, 0) is 9.53 Å². The number of nitrogens with one attached hydrogen (secondary N) is 1. The normalized spacial score (nSPS) is 27.0. The fourth-order valence-corrected chi connectivity index (χ4v) is 4.53. The number of likely N-dealkylation sites (tertiary alicyclic amines) is 1. The molecule has 154 valence electrons. The number of amides is 2. The highest BCUT2D eigenvalue weighted by Gasteiger charge is 2.44. The van der Waals surface area contributed by atoms with E-state index in [0.29, 0.717) is 23.4 Å². The first kappa shape index (κ1) is 20.7. The second-order valence-electron chi connectivity index (χ2n) is 8.11. The number of methoxy groups -OCH3 is 1. The molecule has 28 heavy (non-hydrogen) atoms. The first-order chi connectivity index (χ1) is 13.4. The summed E-state index contributed by atoms with van der Waals surface area (Å²) in [5.41, 5.74) is 0.390. The molecule has 2 fully saturated rings. The summed E-state index contributed by atoms with van der Waals surface area (Å²) >= 11 is 0. The predicted molar refractivity (Wildman–Crippen MR) is 104 cm³/mol. The van der Waals surface area contributed by atoms with Gasteiger partial charge in [0.25, 0.3) is 5.91 Å². The summed E-state index contributed by atoms with van der Waals surface area (Å²) in [6.45, 7) is 1.84. The van der Waals surface area contributed by atoms with Crippen LogP contribution in [-0.4, -0.2) is 74.6 Å². The Balaban J connectivity index is 1.47. The van der Waals surface area contributed by atoms with Crippen molar-refractivity contribution >= 4 is 11.8 Å². The molecule has 1 N–H and O–H groups in total. The molecule has 3 rings (SSSR count). The lowest BCUT2D eigenvalue weighted by molar-refractivity contribution is -0.130. The van der Waals surface area contributed by atoms with Crippen LogP contribution in [0.4, 0.5) is 4.39 Å². The van der Waals surface area contributed by atoms with E-state index in [2.05, 4.69) is 24.3 Å². The van der Waals surface area contributed by atoms with Gasteiger partial charge < -0.3 is 19.9 Å². The summed E-state index contributed by atoms with van der Waals surface area (Å²) in [4.78, 5) is 28.8. The number of halogens is 1. The van der Waals surface area contributed by atoms with Crippen LogP contribution in [0.3, 0.4) is 0 Å². The average Bonchev–Trinajstić information content (AvgIpc) is 3.10. The number of fused-ring (bicyclic) bond motifs is 1. The number of carbonyl (C=O) groups excluding carboxylic acids is 2. The Hall–Kier alpha value is -1.99. The van der Waals surface area contributed by atoms with Crippen molar-refractivity contribution in [3.8, 4) is 0 Å². The van der Waals surface area contributed by atoms with Crippen LogP contribution in [0, 0.1) is 17.7 Å². The molecule has 1 aliphatic heterocycles. The predicted octanol–water partition coefficient (Wildman–Crippen LogP) is 1.76. The quantitative estimate of drug-likeness (QED) is 0.803. The van der Waals surface area contributed by atoms with Crippen molar-refractivity contribution in [3.05, 3.63) is 35.6 Å². The fourth-order valence-electron chi connectivity index (χ4n) is 4.53. The zero-order valence-electron chi connectivity index (χ0n) is 16.9. The average molecular weight is 391 g/mol. The van der Waals surface area contributed by atoms with Crippen molar-refractivity contribution in [1.82, 2.24) is 15.1 Å². The lowest BCUT2D eigenvalue weighted by Crippen LogP contribution is -2.47. The summed E-state index contributed by atoms with van der Waals surface area (Å²) < 4.78 is 18.6. The molecule has 1 aromatic rings. The molecule has 1 aromatic carbocycles. The summed E-state index contributed by atoms with van der Waals surface area (Å²) in [6, 6.07) is 5.76. The van der Waals surface area contributed by atoms with Gasteiger partial charge in [0.2, 0.25) is 5.91 Å². The maximum atomic E-state index is 12.9. The summed E-state index contributed by atoms with van der Waals surface area (Å²) in [7, 11) is 5.93. The standard InChI is InChI=1S/C21H30FN3O3/c1-24(2)18-10-15-12-25(13-16(15)11-19(18)28-3)20(26)8-9-23-21(27)14-4-6-17(22)7-5-14/h4-7,15-16,18-19H,8-13H2,1-3H3,(H,23,27)/t15-,16+,18-,19-/m1/s1. The van der Waals surface area contributed by atoms with E-state index in [0.717, 1.165) is 25.9 Å². The van der Waals surface area contributed by atoms with Crippen LogP contribution in [0.2, 0.25) is 0 Å². The maximum absolute atomic E-state index is 12.9. The van der Waals surface area contributed by atoms with E-state index in [9.17, 15) is 14.0 Å². The zero-order valence-corrected chi connectivity index (χ0v) is 16.9. The minimum Gasteiger partial charge on any atom is -0.380 e. The van der Waals surface area contributed by atoms with Crippen molar-refractivity contribution in [2.45, 2.75) is 31.4 Å². The van der Waals surface area contributed by atoms with Crippen LogP contribution in [0.15, 0.2) is 24.3 Å². The minimum absolute atomic E-state index is 0.0733. The van der Waals surface area contributed by atoms with Gasteiger partial charge in [0.1, 0.15) is 5.82 Å². The second kappa shape index (κ2) is 9.01. The lowest BCUT2D eigenvalue weighted by Gasteiger charge is -2.40. The van der Waals surface area contributed by atoms with Gasteiger partial charge in [0, 0.05) is 44.8 Å². The highest BCUT2D eigenvalue weighted by Crippen LogP contribution is 2.38.